The van der Waals surface area contributed by atoms with Gasteiger partial charge in [0.25, 0.3) is 0 Å². The van der Waals surface area contributed by atoms with Crippen LogP contribution in [-0.4, -0.2) is 14.2 Å². The van der Waals surface area contributed by atoms with Crippen LogP contribution in [0.4, 0.5) is 0 Å². The van der Waals surface area contributed by atoms with Crippen molar-refractivity contribution in [2.24, 2.45) is 0 Å². The molecule has 1 aromatic carbocycles. The minimum absolute atomic E-state index is 0.103. The fourth-order valence-electron chi connectivity index (χ4n) is 1.93. The molecule has 1 N–H and O–H groups in total. The largest absolute Gasteiger partial charge is 0.493 e. The maximum atomic E-state index is 12.3. The number of aromatic hydroxyl groups is 1. The molecule has 0 bridgehead atoms. The van der Waals surface area contributed by atoms with Crippen LogP contribution in [0.15, 0.2) is 29.2 Å². The summed E-state index contributed by atoms with van der Waals surface area (Å²) in [7, 11) is 0. The molecule has 1 heterocycles. The van der Waals surface area contributed by atoms with Crippen LogP contribution in [0.25, 0.3) is 5.69 Å². The summed E-state index contributed by atoms with van der Waals surface area (Å²) in [5.74, 6) is -0.103. The number of imidazole rings is 1. The van der Waals surface area contributed by atoms with Gasteiger partial charge in [0.15, 0.2) is 0 Å². The molecule has 0 aliphatic heterocycles. The molecule has 0 unspecified atom stereocenters. The molecule has 0 aliphatic carbocycles. The fourth-order valence-corrected chi connectivity index (χ4v) is 2.44. The summed E-state index contributed by atoms with van der Waals surface area (Å²) < 4.78 is 2.63. The number of halogens is 2. The molecule has 2 rings (SSSR count). The van der Waals surface area contributed by atoms with E-state index in [2.05, 4.69) is 0 Å². The number of aromatic nitrogens is 2. The molecule has 0 fully saturated rings. The molecule has 1 aromatic heterocycles. The van der Waals surface area contributed by atoms with Crippen LogP contribution in [0.3, 0.4) is 0 Å². The van der Waals surface area contributed by atoms with Gasteiger partial charge in [-0.3, -0.25) is 9.13 Å². The summed E-state index contributed by atoms with van der Waals surface area (Å²) in [6, 6.07) is 4.81. The zero-order chi connectivity index (χ0) is 14.4. The van der Waals surface area contributed by atoms with Gasteiger partial charge in [-0.15, -0.1) is 0 Å². The highest BCUT2D eigenvalue weighted by Crippen LogP contribution is 2.24. The first-order valence-corrected chi connectivity index (χ1v) is 6.46. The molecule has 0 amide bonds. The molecule has 4 nitrogen and oxygen atoms in total. The summed E-state index contributed by atoms with van der Waals surface area (Å²) in [6.45, 7) is 5.51. The highest BCUT2D eigenvalue weighted by atomic mass is 35.5. The number of rotatable bonds is 1. The predicted octanol–water partition coefficient (Wildman–Crippen LogP) is 3.41. The predicted molar refractivity (Wildman–Crippen MR) is 76.7 cm³/mol. The second-order valence-corrected chi connectivity index (χ2v) is 6.15. The van der Waals surface area contributed by atoms with Crippen LogP contribution in [0.2, 0.25) is 10.0 Å². The lowest BCUT2D eigenvalue weighted by Gasteiger charge is -2.19. The molecular formula is C13H14Cl2N2O2. The molecule has 0 aliphatic rings. The van der Waals surface area contributed by atoms with Gasteiger partial charge in [-0.1, -0.05) is 23.2 Å². The lowest BCUT2D eigenvalue weighted by Crippen LogP contribution is -2.34. The van der Waals surface area contributed by atoms with Crippen molar-refractivity contribution in [1.29, 1.82) is 0 Å². The number of benzene rings is 1. The summed E-state index contributed by atoms with van der Waals surface area (Å²) >= 11 is 11.8. The van der Waals surface area contributed by atoms with E-state index in [0.717, 1.165) is 0 Å². The summed E-state index contributed by atoms with van der Waals surface area (Å²) in [6.07, 6.45) is 1.36. The summed E-state index contributed by atoms with van der Waals surface area (Å²) in [5.41, 5.74) is -0.349. The van der Waals surface area contributed by atoms with Gasteiger partial charge in [0.2, 0.25) is 5.88 Å². The first-order chi connectivity index (χ1) is 8.70. The number of hydrogen-bond donors (Lipinski definition) is 1. The summed E-state index contributed by atoms with van der Waals surface area (Å²) in [5, 5.41) is 10.8. The summed E-state index contributed by atoms with van der Waals surface area (Å²) in [4.78, 5) is 12.3. The Bertz CT molecular complexity index is 661. The van der Waals surface area contributed by atoms with Crippen molar-refractivity contribution in [3.05, 3.63) is 44.9 Å². The lowest BCUT2D eigenvalue weighted by molar-refractivity contribution is 0.318. The van der Waals surface area contributed by atoms with Gasteiger partial charge in [-0.05, 0) is 39.0 Å². The van der Waals surface area contributed by atoms with Crippen LogP contribution < -0.4 is 5.69 Å². The monoisotopic (exact) mass is 300 g/mol. The normalized spacial score (nSPS) is 11.8. The van der Waals surface area contributed by atoms with E-state index in [1.165, 1.54) is 15.3 Å². The quantitative estimate of drug-likeness (QED) is 0.877. The molecule has 0 saturated carbocycles. The third-order valence-corrected chi connectivity index (χ3v) is 3.10. The Morgan fingerprint density at radius 3 is 2.05 bits per heavy atom. The van der Waals surface area contributed by atoms with E-state index in [0.29, 0.717) is 15.7 Å². The Morgan fingerprint density at radius 1 is 1.11 bits per heavy atom. The van der Waals surface area contributed by atoms with Crippen LogP contribution in [0.5, 0.6) is 5.88 Å². The SMILES string of the molecule is CC(C)(C)n1c(O)cn(-c2cc(Cl)cc(Cl)c2)c1=O. The van der Waals surface area contributed by atoms with Crippen LogP contribution in [-0.2, 0) is 5.54 Å². The highest BCUT2D eigenvalue weighted by Gasteiger charge is 2.22. The van der Waals surface area contributed by atoms with Crippen molar-refractivity contribution in [1.82, 2.24) is 9.13 Å². The van der Waals surface area contributed by atoms with Crippen LogP contribution in [0, 0.1) is 0 Å². The second-order valence-electron chi connectivity index (χ2n) is 5.27. The van der Waals surface area contributed by atoms with Gasteiger partial charge in [0.05, 0.1) is 11.9 Å². The Labute approximate surface area is 120 Å². The Morgan fingerprint density at radius 2 is 1.63 bits per heavy atom. The zero-order valence-electron chi connectivity index (χ0n) is 10.8. The minimum atomic E-state index is -0.519. The van der Waals surface area contributed by atoms with Gasteiger partial charge >= 0.3 is 5.69 Å². The molecule has 6 heteroatoms. The van der Waals surface area contributed by atoms with E-state index in [-0.39, 0.29) is 11.6 Å². The van der Waals surface area contributed by atoms with Gasteiger partial charge in [0, 0.05) is 15.6 Å². The second kappa shape index (κ2) is 4.62. The standard InChI is InChI=1S/C13H14Cl2N2O2/c1-13(2,3)17-11(18)7-16(12(17)19)10-5-8(14)4-9(15)6-10/h4-7,18H,1-3H3. The first kappa shape index (κ1) is 14.0. The molecule has 2 aromatic rings. The third kappa shape index (κ3) is 2.65. The van der Waals surface area contributed by atoms with E-state index in [4.69, 9.17) is 23.2 Å². The van der Waals surface area contributed by atoms with E-state index >= 15 is 0 Å². The Kier molecular flexibility index (Phi) is 3.41. The molecule has 0 spiro atoms. The van der Waals surface area contributed by atoms with E-state index in [9.17, 15) is 9.90 Å². The average Bonchev–Trinajstić information content (AvgIpc) is 2.51. The van der Waals surface area contributed by atoms with E-state index in [1.807, 2.05) is 20.8 Å². The molecular weight excluding hydrogens is 287 g/mol. The topological polar surface area (TPSA) is 47.2 Å². The Balaban J connectivity index is 2.68. The molecule has 102 valence electrons. The average molecular weight is 301 g/mol. The molecule has 0 saturated heterocycles. The smallest absolute Gasteiger partial charge is 0.336 e. The number of nitrogens with zero attached hydrogens (tertiary/aromatic N) is 2. The highest BCUT2D eigenvalue weighted by molar-refractivity contribution is 6.34. The number of hydrogen-bond acceptors (Lipinski definition) is 2. The van der Waals surface area contributed by atoms with Crippen LogP contribution in [0.1, 0.15) is 20.8 Å². The third-order valence-electron chi connectivity index (χ3n) is 2.67. The molecule has 0 atom stereocenters. The zero-order valence-corrected chi connectivity index (χ0v) is 12.3. The fraction of sp³-hybridized carbons (Fsp3) is 0.308. The maximum absolute atomic E-state index is 12.3. The van der Waals surface area contributed by atoms with Crippen molar-refractivity contribution in [3.8, 4) is 11.6 Å². The van der Waals surface area contributed by atoms with Gasteiger partial charge in [0.1, 0.15) is 0 Å². The van der Waals surface area contributed by atoms with E-state index in [1.54, 1.807) is 18.2 Å². The lowest BCUT2D eigenvalue weighted by atomic mass is 10.1. The van der Waals surface area contributed by atoms with E-state index < -0.39 is 5.54 Å². The van der Waals surface area contributed by atoms with Crippen molar-refractivity contribution in [2.45, 2.75) is 26.3 Å². The molecule has 19 heavy (non-hydrogen) atoms. The Hall–Kier alpha value is -1.39. The molecule has 0 radical (unpaired) electrons. The van der Waals surface area contributed by atoms with Crippen molar-refractivity contribution in [3.63, 3.8) is 0 Å². The first-order valence-electron chi connectivity index (χ1n) is 5.70. The minimum Gasteiger partial charge on any atom is -0.493 e. The van der Waals surface area contributed by atoms with Crippen LogP contribution >= 0.6 is 23.2 Å². The van der Waals surface area contributed by atoms with Crippen molar-refractivity contribution in [2.75, 3.05) is 0 Å². The van der Waals surface area contributed by atoms with Gasteiger partial charge < -0.3 is 5.11 Å². The maximum Gasteiger partial charge on any atom is 0.336 e. The van der Waals surface area contributed by atoms with Crippen molar-refractivity contribution >= 4 is 23.2 Å². The van der Waals surface area contributed by atoms with Crippen molar-refractivity contribution < 1.29 is 5.11 Å². The van der Waals surface area contributed by atoms with Gasteiger partial charge in [-0.25, -0.2) is 4.79 Å². The van der Waals surface area contributed by atoms with Gasteiger partial charge in [-0.2, -0.15) is 0 Å².